The molecule has 0 unspecified atom stereocenters. The van der Waals surface area contributed by atoms with Gasteiger partial charge in [-0.15, -0.1) is 11.3 Å². The number of hydrogen-bond acceptors (Lipinski definition) is 3. The number of allylic oxidation sites excluding steroid dienone is 1. The van der Waals surface area contributed by atoms with Gasteiger partial charge < -0.3 is 5.32 Å². The highest BCUT2D eigenvalue weighted by Gasteiger charge is 1.99. The Morgan fingerprint density at radius 1 is 1.47 bits per heavy atom. The lowest BCUT2D eigenvalue weighted by Crippen LogP contribution is -2.23. The molecule has 92 valence electrons. The summed E-state index contributed by atoms with van der Waals surface area (Å²) in [5.41, 5.74) is 1.14. The summed E-state index contributed by atoms with van der Waals surface area (Å²) >= 11 is 1.68. The van der Waals surface area contributed by atoms with Crippen molar-refractivity contribution in [2.24, 2.45) is 0 Å². The average molecular weight is 249 g/mol. The highest BCUT2D eigenvalue weighted by atomic mass is 32.1. The van der Waals surface area contributed by atoms with Gasteiger partial charge in [0.2, 0.25) is 0 Å². The number of nitrogens with zero attached hydrogens (tertiary/aromatic N) is 2. The maximum Gasteiger partial charge on any atom is 0.193 e. The molecule has 0 amide bonds. The van der Waals surface area contributed by atoms with Crippen molar-refractivity contribution in [3.63, 3.8) is 0 Å². The molecule has 0 atom stereocenters. The Kier molecular flexibility index (Phi) is 4.34. The van der Waals surface area contributed by atoms with Crippen molar-refractivity contribution in [1.29, 1.82) is 0 Å². The summed E-state index contributed by atoms with van der Waals surface area (Å²) in [5, 5.41) is 5.45. The molecule has 0 saturated heterocycles. The van der Waals surface area contributed by atoms with Crippen LogP contribution in [-0.4, -0.2) is 22.0 Å². The summed E-state index contributed by atoms with van der Waals surface area (Å²) in [6.07, 6.45) is 10.6. The van der Waals surface area contributed by atoms with Gasteiger partial charge >= 0.3 is 0 Å². The van der Waals surface area contributed by atoms with Crippen LogP contribution < -0.4 is 5.32 Å². The van der Waals surface area contributed by atoms with E-state index < -0.39 is 0 Å². The molecule has 0 aliphatic heterocycles. The van der Waals surface area contributed by atoms with Crippen molar-refractivity contribution in [3.8, 4) is 0 Å². The minimum atomic E-state index is 0.573. The van der Waals surface area contributed by atoms with Crippen molar-refractivity contribution in [1.82, 2.24) is 14.7 Å². The van der Waals surface area contributed by atoms with E-state index in [1.165, 1.54) is 0 Å². The number of thiazole rings is 1. The zero-order chi connectivity index (χ0) is 12.1. The van der Waals surface area contributed by atoms with Gasteiger partial charge in [0.05, 0.1) is 5.69 Å². The van der Waals surface area contributed by atoms with Crippen molar-refractivity contribution < 1.29 is 0 Å². The first-order chi connectivity index (χ1) is 8.25. The van der Waals surface area contributed by atoms with E-state index in [9.17, 15) is 0 Å². The van der Waals surface area contributed by atoms with Gasteiger partial charge in [0.15, 0.2) is 4.96 Å². The first-order valence-corrected chi connectivity index (χ1v) is 6.93. The van der Waals surface area contributed by atoms with E-state index in [-0.39, 0.29) is 0 Å². The van der Waals surface area contributed by atoms with E-state index in [1.807, 2.05) is 6.20 Å². The molecular weight excluding hydrogens is 230 g/mol. The predicted molar refractivity (Wildman–Crippen MR) is 73.7 cm³/mol. The van der Waals surface area contributed by atoms with Gasteiger partial charge in [-0.2, -0.15) is 0 Å². The molecule has 0 saturated carbocycles. The third-order valence-corrected chi connectivity index (χ3v) is 3.27. The molecule has 0 radical (unpaired) electrons. The Morgan fingerprint density at radius 3 is 3.12 bits per heavy atom. The molecule has 2 rings (SSSR count). The first kappa shape index (κ1) is 12.3. The van der Waals surface area contributed by atoms with Crippen LogP contribution >= 0.6 is 11.3 Å². The highest BCUT2D eigenvalue weighted by Crippen LogP contribution is 2.11. The van der Waals surface area contributed by atoms with E-state index >= 15 is 0 Å². The van der Waals surface area contributed by atoms with E-state index in [2.05, 4.69) is 52.3 Å². The van der Waals surface area contributed by atoms with Crippen LogP contribution in [-0.2, 0) is 6.42 Å². The maximum absolute atomic E-state index is 4.53. The second-order valence-electron chi connectivity index (χ2n) is 4.40. The van der Waals surface area contributed by atoms with Crippen molar-refractivity contribution in [3.05, 3.63) is 35.6 Å². The Hall–Kier alpha value is -1.13. The van der Waals surface area contributed by atoms with Crippen LogP contribution in [0.25, 0.3) is 4.96 Å². The molecule has 4 heteroatoms. The largest absolute Gasteiger partial charge is 0.314 e. The number of rotatable bonds is 6. The highest BCUT2D eigenvalue weighted by molar-refractivity contribution is 7.15. The van der Waals surface area contributed by atoms with Crippen LogP contribution in [0.15, 0.2) is 29.9 Å². The van der Waals surface area contributed by atoms with Crippen LogP contribution in [0.4, 0.5) is 0 Å². The molecule has 17 heavy (non-hydrogen) atoms. The monoisotopic (exact) mass is 249 g/mol. The van der Waals surface area contributed by atoms with Gasteiger partial charge in [-0.25, -0.2) is 4.98 Å². The normalized spacial score (nSPS) is 12.2. The van der Waals surface area contributed by atoms with Crippen LogP contribution in [0, 0.1) is 0 Å². The van der Waals surface area contributed by atoms with Gasteiger partial charge in [0.25, 0.3) is 0 Å². The summed E-state index contributed by atoms with van der Waals surface area (Å²) < 4.78 is 2.08. The van der Waals surface area contributed by atoms with Crippen LogP contribution in [0.3, 0.4) is 0 Å². The summed E-state index contributed by atoms with van der Waals surface area (Å²) in [5.74, 6) is 0. The summed E-state index contributed by atoms with van der Waals surface area (Å²) in [6.45, 7) is 5.38. The third-order valence-electron chi connectivity index (χ3n) is 2.50. The van der Waals surface area contributed by atoms with Crippen molar-refractivity contribution >= 4 is 16.3 Å². The average Bonchev–Trinajstić information content (AvgIpc) is 2.82. The van der Waals surface area contributed by atoms with Crippen molar-refractivity contribution in [2.45, 2.75) is 32.7 Å². The van der Waals surface area contributed by atoms with E-state index in [1.54, 1.807) is 11.3 Å². The van der Waals surface area contributed by atoms with Crippen LogP contribution in [0.2, 0.25) is 0 Å². The van der Waals surface area contributed by atoms with Gasteiger partial charge in [0, 0.05) is 30.2 Å². The van der Waals surface area contributed by atoms with Gasteiger partial charge in [-0.1, -0.05) is 26.0 Å². The molecule has 0 spiro atoms. The second kappa shape index (κ2) is 5.98. The lowest BCUT2D eigenvalue weighted by molar-refractivity contribution is 0.594. The summed E-state index contributed by atoms with van der Waals surface area (Å²) in [4.78, 5) is 5.61. The SMILES string of the molecule is CC(C)NCC/C=C/Cc1cn2ccsc2n1. The molecule has 2 heterocycles. The Labute approximate surface area is 106 Å². The maximum atomic E-state index is 4.53. The number of imidazole rings is 1. The number of hydrogen-bond donors (Lipinski definition) is 1. The Morgan fingerprint density at radius 2 is 2.35 bits per heavy atom. The van der Waals surface area contributed by atoms with Crippen LogP contribution in [0.5, 0.6) is 0 Å². The standard InChI is InChI=1S/C13H19N3S/c1-11(2)14-7-5-3-4-6-12-10-16-8-9-17-13(16)15-12/h3-4,8-11,14H,5-7H2,1-2H3/b4-3+. The minimum absolute atomic E-state index is 0.573. The lowest BCUT2D eigenvalue weighted by Gasteiger charge is -2.04. The van der Waals surface area contributed by atoms with Crippen molar-refractivity contribution in [2.75, 3.05) is 6.54 Å². The zero-order valence-corrected chi connectivity index (χ0v) is 11.2. The lowest BCUT2D eigenvalue weighted by atomic mass is 10.2. The smallest absolute Gasteiger partial charge is 0.193 e. The molecular formula is C13H19N3S. The Balaban J connectivity index is 1.74. The fourth-order valence-corrected chi connectivity index (χ4v) is 2.37. The fourth-order valence-electron chi connectivity index (χ4n) is 1.65. The van der Waals surface area contributed by atoms with Gasteiger partial charge in [-0.3, -0.25) is 4.40 Å². The molecule has 0 aliphatic rings. The fraction of sp³-hybridized carbons (Fsp3) is 0.462. The second-order valence-corrected chi connectivity index (χ2v) is 5.27. The molecule has 3 nitrogen and oxygen atoms in total. The molecule has 0 fully saturated rings. The molecule has 1 N–H and O–H groups in total. The summed E-state index contributed by atoms with van der Waals surface area (Å²) in [6, 6.07) is 0.573. The zero-order valence-electron chi connectivity index (χ0n) is 10.4. The predicted octanol–water partition coefficient (Wildman–Crippen LogP) is 2.88. The quantitative estimate of drug-likeness (QED) is 0.630. The van der Waals surface area contributed by atoms with Gasteiger partial charge in [0.1, 0.15) is 0 Å². The Bertz CT molecular complexity index is 453. The number of aromatic nitrogens is 2. The third kappa shape index (κ3) is 3.68. The summed E-state index contributed by atoms with van der Waals surface area (Å²) in [7, 11) is 0. The number of nitrogens with one attached hydrogen (secondary N) is 1. The van der Waals surface area contributed by atoms with E-state index in [0.29, 0.717) is 6.04 Å². The molecule has 0 bridgehead atoms. The van der Waals surface area contributed by atoms with E-state index in [4.69, 9.17) is 0 Å². The number of fused-ring (bicyclic) bond motifs is 1. The topological polar surface area (TPSA) is 29.3 Å². The minimum Gasteiger partial charge on any atom is -0.314 e. The van der Waals surface area contributed by atoms with Crippen LogP contribution in [0.1, 0.15) is 26.0 Å². The molecule has 0 aliphatic carbocycles. The van der Waals surface area contributed by atoms with E-state index in [0.717, 1.165) is 30.0 Å². The van der Waals surface area contributed by atoms with Gasteiger partial charge in [-0.05, 0) is 13.0 Å². The molecule has 0 aromatic carbocycles. The molecule has 2 aromatic heterocycles. The molecule has 2 aromatic rings. The first-order valence-electron chi connectivity index (χ1n) is 6.05.